The summed E-state index contributed by atoms with van der Waals surface area (Å²) in [6, 6.07) is 6.07. The minimum atomic E-state index is 0.134. The minimum Gasteiger partial charge on any atom is -0.326 e. The van der Waals surface area contributed by atoms with Gasteiger partial charge < -0.3 is 10.6 Å². The van der Waals surface area contributed by atoms with Gasteiger partial charge in [0.1, 0.15) is 0 Å². The molecular weight excluding hydrogens is 306 g/mol. The van der Waals surface area contributed by atoms with Gasteiger partial charge in [-0.2, -0.15) is 0 Å². The quantitative estimate of drug-likeness (QED) is 0.875. The lowest BCUT2D eigenvalue weighted by atomic mass is 9.93. The van der Waals surface area contributed by atoms with Gasteiger partial charge in [-0.1, -0.05) is 0 Å². The monoisotopic (exact) mass is 329 g/mol. The molecule has 0 spiro atoms. The van der Waals surface area contributed by atoms with Crippen LogP contribution in [-0.4, -0.2) is 24.0 Å². The van der Waals surface area contributed by atoms with Gasteiger partial charge in [0.05, 0.1) is 15.2 Å². The fourth-order valence-corrected chi connectivity index (χ4v) is 4.43. The summed E-state index contributed by atoms with van der Waals surface area (Å²) in [4.78, 5) is 16.9. The third-order valence-electron chi connectivity index (χ3n) is 4.85. The molecule has 2 heterocycles. The van der Waals surface area contributed by atoms with E-state index in [-0.39, 0.29) is 5.91 Å². The Kier molecular flexibility index (Phi) is 4.31. The highest BCUT2D eigenvalue weighted by atomic mass is 32.1. The molecule has 122 valence electrons. The van der Waals surface area contributed by atoms with Crippen LogP contribution in [0.2, 0.25) is 0 Å². The van der Waals surface area contributed by atoms with Crippen molar-refractivity contribution in [3.8, 4) is 0 Å². The topological polar surface area (TPSA) is 54.0 Å². The SMILES string of the molecule is O=C(CCC1CCNCC1)Nc1ccc2nc(C3CC3)sc2c1. The average molecular weight is 329 g/mol. The van der Waals surface area contributed by atoms with Gasteiger partial charge in [0, 0.05) is 18.0 Å². The van der Waals surface area contributed by atoms with Crippen LogP contribution in [0.25, 0.3) is 10.2 Å². The molecule has 0 bridgehead atoms. The van der Waals surface area contributed by atoms with Gasteiger partial charge >= 0.3 is 0 Å². The number of anilines is 1. The number of carbonyl (C=O) groups excluding carboxylic acids is 1. The number of thiazole rings is 1. The number of carbonyl (C=O) groups is 1. The first-order chi connectivity index (χ1) is 11.3. The molecule has 1 saturated carbocycles. The molecule has 2 aromatic rings. The molecular formula is C18H23N3OS. The number of nitrogens with one attached hydrogen (secondary N) is 2. The first kappa shape index (κ1) is 15.1. The van der Waals surface area contributed by atoms with Crippen LogP contribution in [0.4, 0.5) is 5.69 Å². The normalized spacial score (nSPS) is 19.1. The number of nitrogens with zero attached hydrogens (tertiary/aromatic N) is 1. The molecule has 1 amide bonds. The highest BCUT2D eigenvalue weighted by Crippen LogP contribution is 2.43. The molecule has 1 aromatic carbocycles. The Bertz CT molecular complexity index is 701. The Morgan fingerprint density at radius 2 is 2.09 bits per heavy atom. The van der Waals surface area contributed by atoms with Crippen LogP contribution in [0, 0.1) is 5.92 Å². The molecule has 2 aliphatic rings. The van der Waals surface area contributed by atoms with Crippen molar-refractivity contribution < 1.29 is 4.79 Å². The van der Waals surface area contributed by atoms with E-state index in [0.29, 0.717) is 18.3 Å². The van der Waals surface area contributed by atoms with E-state index in [0.717, 1.165) is 30.7 Å². The van der Waals surface area contributed by atoms with Gasteiger partial charge in [0.2, 0.25) is 5.91 Å². The van der Waals surface area contributed by atoms with Crippen molar-refractivity contribution in [1.29, 1.82) is 0 Å². The number of rotatable bonds is 5. The second kappa shape index (κ2) is 6.57. The van der Waals surface area contributed by atoms with E-state index in [1.165, 1.54) is 35.4 Å². The number of amides is 1. The van der Waals surface area contributed by atoms with E-state index in [2.05, 4.69) is 16.7 Å². The van der Waals surface area contributed by atoms with Crippen molar-refractivity contribution in [3.05, 3.63) is 23.2 Å². The van der Waals surface area contributed by atoms with Crippen LogP contribution in [0.5, 0.6) is 0 Å². The molecule has 1 saturated heterocycles. The van der Waals surface area contributed by atoms with E-state index in [1.807, 2.05) is 12.1 Å². The summed E-state index contributed by atoms with van der Waals surface area (Å²) in [5.74, 6) is 1.53. The van der Waals surface area contributed by atoms with E-state index in [4.69, 9.17) is 4.98 Å². The second-order valence-electron chi connectivity index (χ2n) is 6.79. The molecule has 0 radical (unpaired) electrons. The fourth-order valence-electron chi connectivity index (χ4n) is 3.25. The van der Waals surface area contributed by atoms with Crippen LogP contribution in [0.3, 0.4) is 0 Å². The summed E-state index contributed by atoms with van der Waals surface area (Å²) in [6.45, 7) is 2.19. The molecule has 4 rings (SSSR count). The lowest BCUT2D eigenvalue weighted by Crippen LogP contribution is -2.28. The number of hydrogen-bond donors (Lipinski definition) is 2. The second-order valence-corrected chi connectivity index (χ2v) is 7.85. The maximum absolute atomic E-state index is 12.2. The molecule has 2 N–H and O–H groups in total. The predicted octanol–water partition coefficient (Wildman–Crippen LogP) is 3.89. The van der Waals surface area contributed by atoms with Crippen LogP contribution in [-0.2, 0) is 4.79 Å². The van der Waals surface area contributed by atoms with Crippen molar-refractivity contribution in [3.63, 3.8) is 0 Å². The number of aromatic nitrogens is 1. The first-order valence-corrected chi connectivity index (χ1v) is 9.50. The van der Waals surface area contributed by atoms with Crippen LogP contribution >= 0.6 is 11.3 Å². The minimum absolute atomic E-state index is 0.134. The zero-order chi connectivity index (χ0) is 15.6. The summed E-state index contributed by atoms with van der Waals surface area (Å²) in [5.41, 5.74) is 1.96. The van der Waals surface area contributed by atoms with Gasteiger partial charge in [0.15, 0.2) is 0 Å². The summed E-state index contributed by atoms with van der Waals surface area (Å²) in [7, 11) is 0. The highest BCUT2D eigenvalue weighted by molar-refractivity contribution is 7.18. The average Bonchev–Trinajstić information content (AvgIpc) is 3.34. The molecule has 1 aliphatic carbocycles. The number of piperidine rings is 1. The highest BCUT2D eigenvalue weighted by Gasteiger charge is 2.27. The fraction of sp³-hybridized carbons (Fsp3) is 0.556. The number of fused-ring (bicyclic) bond motifs is 1. The van der Waals surface area contributed by atoms with Crippen LogP contribution < -0.4 is 10.6 Å². The van der Waals surface area contributed by atoms with E-state index < -0.39 is 0 Å². The van der Waals surface area contributed by atoms with Crippen molar-refractivity contribution in [1.82, 2.24) is 10.3 Å². The van der Waals surface area contributed by atoms with Gasteiger partial charge in [-0.25, -0.2) is 4.98 Å². The molecule has 0 unspecified atom stereocenters. The summed E-state index contributed by atoms with van der Waals surface area (Å²) < 4.78 is 1.18. The molecule has 5 heteroatoms. The summed E-state index contributed by atoms with van der Waals surface area (Å²) in [5, 5.41) is 7.68. The lowest BCUT2D eigenvalue weighted by Gasteiger charge is -2.22. The maximum atomic E-state index is 12.2. The first-order valence-electron chi connectivity index (χ1n) is 8.69. The van der Waals surface area contributed by atoms with Crippen molar-refractivity contribution >= 4 is 33.1 Å². The van der Waals surface area contributed by atoms with Crippen molar-refractivity contribution in [2.45, 2.75) is 44.4 Å². The molecule has 2 fully saturated rings. The zero-order valence-electron chi connectivity index (χ0n) is 13.3. The van der Waals surface area contributed by atoms with E-state index in [1.54, 1.807) is 11.3 Å². The van der Waals surface area contributed by atoms with Crippen molar-refractivity contribution in [2.75, 3.05) is 18.4 Å². The Morgan fingerprint density at radius 1 is 1.26 bits per heavy atom. The Labute approximate surface area is 140 Å². The predicted molar refractivity (Wildman–Crippen MR) is 95.1 cm³/mol. The zero-order valence-corrected chi connectivity index (χ0v) is 14.1. The Hall–Kier alpha value is -1.46. The molecule has 1 aromatic heterocycles. The van der Waals surface area contributed by atoms with Gasteiger partial charge in [-0.15, -0.1) is 11.3 Å². The summed E-state index contributed by atoms with van der Waals surface area (Å²) in [6.07, 6.45) is 6.58. The van der Waals surface area contributed by atoms with Gasteiger partial charge in [-0.05, 0) is 69.3 Å². The standard InChI is InChI=1S/C18H23N3OS/c22-17(6-1-12-7-9-19-10-8-12)20-14-4-5-15-16(11-14)23-18(21-15)13-2-3-13/h4-5,11-13,19H,1-3,6-10H2,(H,20,22). The van der Waals surface area contributed by atoms with Crippen molar-refractivity contribution in [2.24, 2.45) is 5.92 Å². The molecule has 23 heavy (non-hydrogen) atoms. The largest absolute Gasteiger partial charge is 0.326 e. The van der Waals surface area contributed by atoms with Crippen LogP contribution in [0.1, 0.15) is 49.5 Å². The number of hydrogen-bond acceptors (Lipinski definition) is 4. The third kappa shape index (κ3) is 3.72. The third-order valence-corrected chi connectivity index (χ3v) is 6.03. The molecule has 4 nitrogen and oxygen atoms in total. The Morgan fingerprint density at radius 3 is 2.87 bits per heavy atom. The lowest BCUT2D eigenvalue weighted by molar-refractivity contribution is -0.116. The van der Waals surface area contributed by atoms with E-state index in [9.17, 15) is 4.79 Å². The molecule has 0 atom stereocenters. The Balaban J connectivity index is 1.35. The smallest absolute Gasteiger partial charge is 0.224 e. The summed E-state index contributed by atoms with van der Waals surface area (Å²) >= 11 is 1.78. The van der Waals surface area contributed by atoms with E-state index >= 15 is 0 Å². The number of benzene rings is 1. The molecule has 1 aliphatic heterocycles. The van der Waals surface area contributed by atoms with Gasteiger partial charge in [0.25, 0.3) is 0 Å². The maximum Gasteiger partial charge on any atom is 0.224 e. The van der Waals surface area contributed by atoms with Gasteiger partial charge in [-0.3, -0.25) is 4.79 Å². The van der Waals surface area contributed by atoms with Crippen LogP contribution in [0.15, 0.2) is 18.2 Å².